The van der Waals surface area contributed by atoms with Crippen molar-refractivity contribution in [2.75, 3.05) is 18.9 Å². The molecule has 0 aromatic carbocycles. The van der Waals surface area contributed by atoms with Crippen LogP contribution in [0, 0.1) is 6.92 Å². The second kappa shape index (κ2) is 5.24. The zero-order valence-electron chi connectivity index (χ0n) is 9.77. The van der Waals surface area contributed by atoms with Crippen LogP contribution in [0.25, 0.3) is 10.8 Å². The number of hydrogen-bond donors (Lipinski definition) is 1. The molecule has 92 valence electrons. The third-order valence-electron chi connectivity index (χ3n) is 2.15. The summed E-state index contributed by atoms with van der Waals surface area (Å²) < 4.78 is 10.4. The van der Waals surface area contributed by atoms with Gasteiger partial charge >= 0.3 is 0 Å². The normalized spacial score (nSPS) is 10.9. The lowest BCUT2D eigenvalue weighted by atomic mass is 10.4. The van der Waals surface area contributed by atoms with E-state index in [0.29, 0.717) is 36.5 Å². The monoisotopic (exact) mass is 254 g/mol. The highest BCUT2D eigenvalue weighted by atomic mass is 32.1. The number of thiazole rings is 1. The average Bonchev–Trinajstić information content (AvgIpc) is 2.86. The summed E-state index contributed by atoms with van der Waals surface area (Å²) in [7, 11) is 0. The van der Waals surface area contributed by atoms with Gasteiger partial charge in [-0.3, -0.25) is 0 Å². The van der Waals surface area contributed by atoms with Gasteiger partial charge in [0.1, 0.15) is 4.88 Å². The van der Waals surface area contributed by atoms with Crippen LogP contribution >= 0.6 is 11.3 Å². The lowest BCUT2D eigenvalue weighted by molar-refractivity contribution is 0.149. The number of aromatic nitrogens is 3. The van der Waals surface area contributed by atoms with Crippen molar-refractivity contribution < 1.29 is 9.26 Å². The van der Waals surface area contributed by atoms with Gasteiger partial charge in [0, 0.05) is 13.0 Å². The van der Waals surface area contributed by atoms with Crippen LogP contribution in [-0.2, 0) is 11.2 Å². The van der Waals surface area contributed by atoms with Crippen LogP contribution in [0.3, 0.4) is 0 Å². The summed E-state index contributed by atoms with van der Waals surface area (Å²) >= 11 is 1.35. The van der Waals surface area contributed by atoms with E-state index in [-0.39, 0.29) is 0 Å². The van der Waals surface area contributed by atoms with Crippen molar-refractivity contribution in [2.45, 2.75) is 20.3 Å². The van der Waals surface area contributed by atoms with E-state index in [4.69, 9.17) is 15.0 Å². The molecule has 0 saturated heterocycles. The van der Waals surface area contributed by atoms with E-state index in [1.54, 1.807) is 0 Å². The molecular formula is C10H14N4O2S. The zero-order chi connectivity index (χ0) is 12.3. The quantitative estimate of drug-likeness (QED) is 0.816. The largest absolute Gasteiger partial charge is 0.381 e. The molecule has 0 aliphatic rings. The standard InChI is InChI=1S/C10H14N4O2S/c1-3-15-5-4-7-13-9(16-14-7)8-6(2)12-10(11)17-8/h3-5H2,1-2H3,(H2,11,12). The number of nitrogens with two attached hydrogens (primary N) is 1. The van der Waals surface area contributed by atoms with Crippen LogP contribution in [0.1, 0.15) is 18.4 Å². The van der Waals surface area contributed by atoms with E-state index in [0.717, 1.165) is 10.6 Å². The first-order valence-electron chi connectivity index (χ1n) is 5.34. The number of anilines is 1. The molecule has 0 aliphatic carbocycles. The molecule has 0 bridgehead atoms. The Morgan fingerprint density at radius 1 is 1.41 bits per heavy atom. The Kier molecular flexibility index (Phi) is 3.70. The van der Waals surface area contributed by atoms with E-state index >= 15 is 0 Å². The minimum Gasteiger partial charge on any atom is -0.381 e. The van der Waals surface area contributed by atoms with E-state index < -0.39 is 0 Å². The molecule has 2 rings (SSSR count). The van der Waals surface area contributed by atoms with Gasteiger partial charge in [0.15, 0.2) is 11.0 Å². The zero-order valence-corrected chi connectivity index (χ0v) is 10.6. The van der Waals surface area contributed by atoms with Crippen molar-refractivity contribution >= 4 is 16.5 Å². The number of hydrogen-bond acceptors (Lipinski definition) is 7. The fourth-order valence-electron chi connectivity index (χ4n) is 1.37. The van der Waals surface area contributed by atoms with Gasteiger partial charge in [0.2, 0.25) is 0 Å². The summed E-state index contributed by atoms with van der Waals surface area (Å²) in [5.41, 5.74) is 6.43. The molecule has 0 aliphatic heterocycles. The summed E-state index contributed by atoms with van der Waals surface area (Å²) in [6.45, 7) is 5.10. The van der Waals surface area contributed by atoms with Crippen molar-refractivity contribution in [3.05, 3.63) is 11.5 Å². The van der Waals surface area contributed by atoms with Crippen LogP contribution in [0.5, 0.6) is 0 Å². The van der Waals surface area contributed by atoms with Gasteiger partial charge in [0.05, 0.1) is 12.3 Å². The Labute approximate surface area is 103 Å². The van der Waals surface area contributed by atoms with Crippen molar-refractivity contribution in [1.29, 1.82) is 0 Å². The third kappa shape index (κ3) is 2.80. The SMILES string of the molecule is CCOCCc1noc(-c2sc(N)nc2C)n1. The van der Waals surface area contributed by atoms with Gasteiger partial charge in [-0.2, -0.15) is 4.98 Å². The predicted octanol–water partition coefficient (Wildman–Crippen LogP) is 1.66. The fourth-order valence-corrected chi connectivity index (χ4v) is 2.13. The number of rotatable bonds is 5. The summed E-state index contributed by atoms with van der Waals surface area (Å²) in [5, 5.41) is 4.39. The first-order chi connectivity index (χ1) is 8.20. The summed E-state index contributed by atoms with van der Waals surface area (Å²) in [4.78, 5) is 9.23. The molecule has 6 nitrogen and oxygen atoms in total. The minimum absolute atomic E-state index is 0.475. The molecule has 0 fully saturated rings. The highest BCUT2D eigenvalue weighted by Gasteiger charge is 2.15. The van der Waals surface area contributed by atoms with E-state index in [9.17, 15) is 0 Å². The van der Waals surface area contributed by atoms with Crippen LogP contribution in [-0.4, -0.2) is 28.3 Å². The second-order valence-corrected chi connectivity index (χ2v) is 4.46. The Morgan fingerprint density at radius 3 is 2.88 bits per heavy atom. The fraction of sp³-hybridized carbons (Fsp3) is 0.500. The molecule has 7 heteroatoms. The van der Waals surface area contributed by atoms with Gasteiger partial charge in [-0.15, -0.1) is 0 Å². The van der Waals surface area contributed by atoms with Crippen molar-refractivity contribution in [3.63, 3.8) is 0 Å². The number of ether oxygens (including phenoxy) is 1. The Balaban J connectivity index is 2.10. The molecule has 2 heterocycles. The molecule has 0 unspecified atom stereocenters. The van der Waals surface area contributed by atoms with Gasteiger partial charge < -0.3 is 15.0 Å². The number of nitrogens with zero attached hydrogens (tertiary/aromatic N) is 3. The van der Waals surface area contributed by atoms with E-state index in [2.05, 4.69) is 15.1 Å². The molecule has 0 saturated carbocycles. The molecule has 2 aromatic rings. The molecule has 0 atom stereocenters. The van der Waals surface area contributed by atoms with Crippen LogP contribution in [0.4, 0.5) is 5.13 Å². The van der Waals surface area contributed by atoms with Crippen molar-refractivity contribution in [2.24, 2.45) is 0 Å². The average molecular weight is 254 g/mol. The summed E-state index contributed by atoms with van der Waals surface area (Å²) in [6.07, 6.45) is 0.644. The Bertz CT molecular complexity index is 494. The predicted molar refractivity (Wildman–Crippen MR) is 64.8 cm³/mol. The Morgan fingerprint density at radius 2 is 2.24 bits per heavy atom. The number of aryl methyl sites for hydroxylation is 1. The highest BCUT2D eigenvalue weighted by Crippen LogP contribution is 2.29. The molecule has 0 spiro atoms. The van der Waals surface area contributed by atoms with Gasteiger partial charge in [-0.05, 0) is 13.8 Å². The summed E-state index contributed by atoms with van der Waals surface area (Å²) in [5.74, 6) is 1.11. The van der Waals surface area contributed by atoms with Crippen LogP contribution in [0.15, 0.2) is 4.52 Å². The third-order valence-corrected chi connectivity index (χ3v) is 3.12. The lowest BCUT2D eigenvalue weighted by Gasteiger charge is -1.94. The first kappa shape index (κ1) is 12.0. The van der Waals surface area contributed by atoms with E-state index in [1.165, 1.54) is 11.3 Å². The lowest BCUT2D eigenvalue weighted by Crippen LogP contribution is -1.99. The van der Waals surface area contributed by atoms with Gasteiger partial charge in [-0.25, -0.2) is 4.98 Å². The number of nitrogen functional groups attached to an aromatic ring is 1. The smallest absolute Gasteiger partial charge is 0.269 e. The molecule has 0 radical (unpaired) electrons. The topological polar surface area (TPSA) is 87.1 Å². The summed E-state index contributed by atoms with van der Waals surface area (Å²) in [6, 6.07) is 0. The van der Waals surface area contributed by atoms with Gasteiger partial charge in [0.25, 0.3) is 5.89 Å². The first-order valence-corrected chi connectivity index (χ1v) is 6.16. The van der Waals surface area contributed by atoms with Crippen LogP contribution in [0.2, 0.25) is 0 Å². The molecule has 2 aromatic heterocycles. The maximum absolute atomic E-state index is 5.62. The molecular weight excluding hydrogens is 240 g/mol. The highest BCUT2D eigenvalue weighted by molar-refractivity contribution is 7.18. The molecule has 2 N–H and O–H groups in total. The Hall–Kier alpha value is -1.47. The molecule has 17 heavy (non-hydrogen) atoms. The van der Waals surface area contributed by atoms with Crippen molar-refractivity contribution in [3.8, 4) is 10.8 Å². The van der Waals surface area contributed by atoms with Gasteiger partial charge in [-0.1, -0.05) is 16.5 Å². The molecule has 0 amide bonds. The van der Waals surface area contributed by atoms with Crippen LogP contribution < -0.4 is 5.73 Å². The van der Waals surface area contributed by atoms with Crippen molar-refractivity contribution in [1.82, 2.24) is 15.1 Å². The second-order valence-electron chi connectivity index (χ2n) is 3.43. The minimum atomic E-state index is 0.475. The maximum Gasteiger partial charge on any atom is 0.269 e. The maximum atomic E-state index is 5.62. The van der Waals surface area contributed by atoms with E-state index in [1.807, 2.05) is 13.8 Å².